The van der Waals surface area contributed by atoms with Gasteiger partial charge in [0.2, 0.25) is 5.88 Å². The molecule has 1 heterocycles. The summed E-state index contributed by atoms with van der Waals surface area (Å²) in [4.78, 5) is 33.7. The van der Waals surface area contributed by atoms with Crippen molar-refractivity contribution in [2.24, 2.45) is 4.99 Å². The average Bonchev–Trinajstić information content (AvgIpc) is 2.57. The molecule has 6 nitrogen and oxygen atoms in total. The number of hydrogen-bond donors (Lipinski definition) is 3. The van der Waals surface area contributed by atoms with Crippen molar-refractivity contribution in [1.82, 2.24) is 9.97 Å². The topological polar surface area (TPSA) is 98.3 Å². The van der Waals surface area contributed by atoms with E-state index in [2.05, 4.69) is 15.0 Å². The van der Waals surface area contributed by atoms with Crippen LogP contribution < -0.4 is 11.2 Å². The van der Waals surface area contributed by atoms with Crippen LogP contribution in [0.3, 0.4) is 0 Å². The van der Waals surface area contributed by atoms with Crippen LogP contribution in [0, 0.1) is 0 Å². The van der Waals surface area contributed by atoms with Crippen molar-refractivity contribution < 1.29 is 5.11 Å². The fourth-order valence-electron chi connectivity index (χ4n) is 2.33. The van der Waals surface area contributed by atoms with Crippen LogP contribution in [-0.4, -0.2) is 20.8 Å². The van der Waals surface area contributed by atoms with E-state index < -0.39 is 17.1 Å². The van der Waals surface area contributed by atoms with Gasteiger partial charge in [0.25, 0.3) is 5.56 Å². The predicted octanol–water partition coefficient (Wildman–Crippen LogP) is 3.71. The van der Waals surface area contributed by atoms with Crippen LogP contribution in [0.4, 0.5) is 5.69 Å². The van der Waals surface area contributed by atoms with Crippen LogP contribution in [0.2, 0.25) is 5.02 Å². The molecule has 3 aromatic rings. The first kappa shape index (κ1) is 18.0. The van der Waals surface area contributed by atoms with Gasteiger partial charge in [-0.05, 0) is 37.3 Å². The number of nitrogens with one attached hydrogen (secondary N) is 2. The first-order valence-corrected chi connectivity index (χ1v) is 8.77. The van der Waals surface area contributed by atoms with Crippen molar-refractivity contribution in [3.8, 4) is 5.88 Å². The van der Waals surface area contributed by atoms with E-state index in [1.54, 1.807) is 19.1 Å². The van der Waals surface area contributed by atoms with Gasteiger partial charge in [-0.2, -0.15) is 0 Å². The summed E-state index contributed by atoms with van der Waals surface area (Å²) in [6, 6.07) is 15.0. The van der Waals surface area contributed by atoms with Crippen molar-refractivity contribution >= 4 is 34.8 Å². The number of aromatic hydroxyl groups is 1. The number of halogens is 1. The van der Waals surface area contributed by atoms with Crippen molar-refractivity contribution in [3.63, 3.8) is 0 Å². The Labute approximate surface area is 157 Å². The summed E-state index contributed by atoms with van der Waals surface area (Å²) in [5.41, 5.74) is -0.801. The Balaban J connectivity index is 2.06. The molecule has 0 unspecified atom stereocenters. The zero-order valence-electron chi connectivity index (χ0n) is 13.6. The first-order valence-electron chi connectivity index (χ1n) is 7.58. The van der Waals surface area contributed by atoms with E-state index in [0.717, 1.165) is 9.79 Å². The molecule has 0 fully saturated rings. The minimum Gasteiger partial charge on any atom is -0.494 e. The number of rotatable bonds is 4. The maximum atomic E-state index is 12.0. The third kappa shape index (κ3) is 4.07. The fraction of sp³-hybridized carbons (Fsp3) is 0.0556. The molecule has 0 amide bonds. The van der Waals surface area contributed by atoms with Crippen LogP contribution in [-0.2, 0) is 0 Å². The second-order valence-corrected chi connectivity index (χ2v) is 6.91. The summed E-state index contributed by atoms with van der Waals surface area (Å²) in [6.07, 6.45) is 0. The molecule has 8 heteroatoms. The van der Waals surface area contributed by atoms with E-state index in [1.165, 1.54) is 11.8 Å². The number of nitrogens with zero attached hydrogens (tertiary/aromatic N) is 1. The molecular formula is C18H14ClN3O3S. The number of aromatic nitrogens is 2. The van der Waals surface area contributed by atoms with Crippen LogP contribution in [0.5, 0.6) is 5.88 Å². The van der Waals surface area contributed by atoms with Crippen molar-refractivity contribution in [2.75, 3.05) is 0 Å². The Bertz CT molecular complexity index is 1090. The summed E-state index contributed by atoms with van der Waals surface area (Å²) in [6.45, 7) is 1.57. The lowest BCUT2D eigenvalue weighted by Crippen LogP contribution is -2.27. The Hall–Kier alpha value is -2.77. The second-order valence-electron chi connectivity index (χ2n) is 5.36. The van der Waals surface area contributed by atoms with Crippen LogP contribution in [0.1, 0.15) is 12.5 Å². The number of H-pyrrole nitrogens is 2. The van der Waals surface area contributed by atoms with Gasteiger partial charge in [0, 0.05) is 14.8 Å². The Morgan fingerprint density at radius 1 is 1.12 bits per heavy atom. The van der Waals surface area contributed by atoms with Crippen LogP contribution in [0.15, 0.2) is 72.9 Å². The van der Waals surface area contributed by atoms with Gasteiger partial charge in [-0.3, -0.25) is 19.8 Å². The molecule has 0 aliphatic rings. The molecule has 2 aromatic carbocycles. The van der Waals surface area contributed by atoms with Gasteiger partial charge >= 0.3 is 5.69 Å². The molecule has 3 N–H and O–H groups in total. The molecule has 0 aliphatic carbocycles. The largest absolute Gasteiger partial charge is 0.494 e. The van der Waals surface area contributed by atoms with Gasteiger partial charge < -0.3 is 5.11 Å². The molecule has 0 bridgehead atoms. The molecule has 26 heavy (non-hydrogen) atoms. The summed E-state index contributed by atoms with van der Waals surface area (Å²) >= 11 is 7.59. The quantitative estimate of drug-likeness (QED) is 0.594. The normalized spacial score (nSPS) is 11.5. The smallest absolute Gasteiger partial charge is 0.328 e. The third-order valence-corrected chi connectivity index (χ3v) is 4.77. The molecule has 0 atom stereocenters. The van der Waals surface area contributed by atoms with E-state index in [4.69, 9.17) is 11.6 Å². The highest BCUT2D eigenvalue weighted by Gasteiger charge is 2.13. The minimum absolute atomic E-state index is 0.0970. The molecule has 132 valence electrons. The highest BCUT2D eigenvalue weighted by atomic mass is 35.5. The zero-order valence-corrected chi connectivity index (χ0v) is 15.2. The zero-order chi connectivity index (χ0) is 18.7. The maximum absolute atomic E-state index is 12.0. The minimum atomic E-state index is -0.785. The van der Waals surface area contributed by atoms with E-state index in [1.807, 2.05) is 36.4 Å². The lowest BCUT2D eigenvalue weighted by atomic mass is 10.2. The van der Waals surface area contributed by atoms with Gasteiger partial charge in [-0.1, -0.05) is 41.6 Å². The molecule has 0 aliphatic heterocycles. The molecule has 0 saturated carbocycles. The number of aromatic amines is 2. The molecule has 0 spiro atoms. The Morgan fingerprint density at radius 2 is 1.85 bits per heavy atom. The number of hydrogen-bond acceptors (Lipinski definition) is 5. The highest BCUT2D eigenvalue weighted by molar-refractivity contribution is 7.99. The highest BCUT2D eigenvalue weighted by Crippen LogP contribution is 2.37. The van der Waals surface area contributed by atoms with E-state index >= 15 is 0 Å². The third-order valence-electron chi connectivity index (χ3n) is 3.46. The van der Waals surface area contributed by atoms with Gasteiger partial charge in [0.15, 0.2) is 0 Å². The summed E-state index contributed by atoms with van der Waals surface area (Å²) in [5, 5.41) is 10.4. The van der Waals surface area contributed by atoms with E-state index in [-0.39, 0.29) is 11.3 Å². The second kappa shape index (κ2) is 7.63. The number of aliphatic imine (C=N–C) groups is 1. The molecule has 0 saturated heterocycles. The van der Waals surface area contributed by atoms with Gasteiger partial charge in [0.05, 0.1) is 11.4 Å². The summed E-state index contributed by atoms with van der Waals surface area (Å²) < 4.78 is 0. The van der Waals surface area contributed by atoms with Gasteiger partial charge in [-0.15, -0.1) is 0 Å². The summed E-state index contributed by atoms with van der Waals surface area (Å²) in [5.74, 6) is -0.528. The van der Waals surface area contributed by atoms with Crippen molar-refractivity contribution in [1.29, 1.82) is 0 Å². The van der Waals surface area contributed by atoms with E-state index in [0.29, 0.717) is 10.7 Å². The monoisotopic (exact) mass is 387 g/mol. The van der Waals surface area contributed by atoms with Gasteiger partial charge in [0.1, 0.15) is 5.56 Å². The van der Waals surface area contributed by atoms with Crippen LogP contribution in [0.25, 0.3) is 0 Å². The standard InChI is InChI=1S/C18H14ClN3O3S/c1-10(15-16(23)21-18(25)22-17(15)24)20-13-9-11(19)7-8-14(13)26-12-5-3-2-4-6-12/h2-9H,1H3,(H3,21,22,23,24,25). The predicted molar refractivity (Wildman–Crippen MR) is 103 cm³/mol. The fourth-order valence-corrected chi connectivity index (χ4v) is 3.39. The van der Waals surface area contributed by atoms with Crippen LogP contribution >= 0.6 is 23.4 Å². The first-order chi connectivity index (χ1) is 12.4. The Kier molecular flexibility index (Phi) is 5.29. The van der Waals surface area contributed by atoms with Crippen molar-refractivity contribution in [3.05, 3.63) is 80.0 Å². The molecule has 0 radical (unpaired) electrons. The van der Waals surface area contributed by atoms with E-state index in [9.17, 15) is 14.7 Å². The Morgan fingerprint density at radius 3 is 2.54 bits per heavy atom. The summed E-state index contributed by atoms with van der Waals surface area (Å²) in [7, 11) is 0. The lowest BCUT2D eigenvalue weighted by molar-refractivity contribution is 0.447. The molecular weight excluding hydrogens is 374 g/mol. The SMILES string of the molecule is CC(=Nc1cc(Cl)ccc1Sc1ccccc1)c1c(O)[nH]c(=O)[nH]c1=O. The molecule has 1 aromatic heterocycles. The lowest BCUT2D eigenvalue weighted by Gasteiger charge is -2.08. The average molecular weight is 388 g/mol. The van der Waals surface area contributed by atoms with Gasteiger partial charge in [-0.25, -0.2) is 4.79 Å². The number of benzene rings is 2. The molecule has 3 rings (SSSR count). The maximum Gasteiger partial charge on any atom is 0.328 e. The van der Waals surface area contributed by atoms with Crippen molar-refractivity contribution in [2.45, 2.75) is 16.7 Å².